The van der Waals surface area contributed by atoms with E-state index in [-0.39, 0.29) is 0 Å². The first-order valence-corrected chi connectivity index (χ1v) is 8.28. The molecule has 0 atom stereocenters. The molecule has 2 aromatic heterocycles. The van der Waals surface area contributed by atoms with Gasteiger partial charge in [-0.3, -0.25) is 4.98 Å². The molecule has 1 aromatic carbocycles. The van der Waals surface area contributed by atoms with E-state index in [9.17, 15) is 0 Å². The molecule has 0 saturated heterocycles. The fourth-order valence-electron chi connectivity index (χ4n) is 2.45. The normalized spacial score (nSPS) is 9.77. The molecule has 3 rings (SSSR count). The molecule has 0 aliphatic carbocycles. The Morgan fingerprint density at radius 1 is 0.909 bits per heavy atom. The van der Waals surface area contributed by atoms with Crippen molar-refractivity contribution >= 4 is 10.9 Å². The SMILES string of the molecule is CC.CC.CC(C)n1c(-c2ccccc2)cc2ccncc21. The van der Waals surface area contributed by atoms with Crippen LogP contribution in [0.1, 0.15) is 47.6 Å². The third kappa shape index (κ3) is 3.76. The Morgan fingerprint density at radius 3 is 2.14 bits per heavy atom. The van der Waals surface area contributed by atoms with Crippen molar-refractivity contribution in [1.82, 2.24) is 9.55 Å². The van der Waals surface area contributed by atoms with E-state index in [2.05, 4.69) is 59.8 Å². The summed E-state index contributed by atoms with van der Waals surface area (Å²) in [6.45, 7) is 12.4. The molecule has 0 radical (unpaired) electrons. The maximum absolute atomic E-state index is 4.24. The first kappa shape index (κ1) is 18.0. The fraction of sp³-hybridized carbons (Fsp3) is 0.350. The lowest BCUT2D eigenvalue weighted by molar-refractivity contribution is 0.628. The summed E-state index contributed by atoms with van der Waals surface area (Å²) in [6.07, 6.45) is 3.80. The van der Waals surface area contributed by atoms with Crippen molar-refractivity contribution in [2.75, 3.05) is 0 Å². The zero-order valence-corrected chi connectivity index (χ0v) is 14.7. The highest BCUT2D eigenvalue weighted by atomic mass is 15.0. The fourth-order valence-corrected chi connectivity index (χ4v) is 2.45. The van der Waals surface area contributed by atoms with Gasteiger partial charge in [0.05, 0.1) is 11.7 Å². The van der Waals surface area contributed by atoms with Crippen LogP contribution in [0.4, 0.5) is 0 Å². The van der Waals surface area contributed by atoms with Crippen LogP contribution in [0.2, 0.25) is 0 Å². The summed E-state index contributed by atoms with van der Waals surface area (Å²) in [5, 5.41) is 1.25. The van der Waals surface area contributed by atoms with Gasteiger partial charge in [-0.25, -0.2) is 0 Å². The lowest BCUT2D eigenvalue weighted by Crippen LogP contribution is -2.02. The highest BCUT2D eigenvalue weighted by Gasteiger charge is 2.12. The second-order valence-electron chi connectivity index (χ2n) is 4.79. The molecule has 0 N–H and O–H groups in total. The summed E-state index contributed by atoms with van der Waals surface area (Å²) < 4.78 is 2.34. The molecule has 0 saturated carbocycles. The van der Waals surface area contributed by atoms with Crippen molar-refractivity contribution in [1.29, 1.82) is 0 Å². The minimum absolute atomic E-state index is 0.418. The number of rotatable bonds is 2. The van der Waals surface area contributed by atoms with Gasteiger partial charge in [0.25, 0.3) is 0 Å². The van der Waals surface area contributed by atoms with Gasteiger partial charge in [-0.2, -0.15) is 0 Å². The predicted molar refractivity (Wildman–Crippen MR) is 98.3 cm³/mol. The Hall–Kier alpha value is -2.09. The van der Waals surface area contributed by atoms with Crippen LogP contribution in [0, 0.1) is 0 Å². The Balaban J connectivity index is 0.000000561. The number of hydrogen-bond acceptors (Lipinski definition) is 1. The van der Waals surface area contributed by atoms with E-state index in [1.54, 1.807) is 0 Å². The van der Waals surface area contributed by atoms with Crippen LogP contribution in [0.5, 0.6) is 0 Å². The topological polar surface area (TPSA) is 17.8 Å². The highest BCUT2D eigenvalue weighted by Crippen LogP contribution is 2.30. The number of nitrogens with zero attached hydrogens (tertiary/aromatic N) is 2. The largest absolute Gasteiger partial charge is 0.337 e. The molecule has 2 heterocycles. The lowest BCUT2D eigenvalue weighted by atomic mass is 10.1. The highest BCUT2D eigenvalue weighted by molar-refractivity contribution is 5.86. The molecule has 0 fully saturated rings. The Labute approximate surface area is 134 Å². The lowest BCUT2D eigenvalue weighted by Gasteiger charge is -2.14. The first-order valence-electron chi connectivity index (χ1n) is 8.28. The van der Waals surface area contributed by atoms with E-state index in [0.717, 1.165) is 0 Å². The second-order valence-corrected chi connectivity index (χ2v) is 4.79. The van der Waals surface area contributed by atoms with Gasteiger partial charge >= 0.3 is 0 Å². The maximum atomic E-state index is 4.24. The Bertz CT molecular complexity index is 666. The molecule has 0 aliphatic heterocycles. The van der Waals surface area contributed by atoms with Crippen molar-refractivity contribution in [2.24, 2.45) is 0 Å². The number of benzene rings is 1. The number of hydrogen-bond donors (Lipinski definition) is 0. The number of aromatic nitrogens is 2. The molecular formula is C20H28N2. The summed E-state index contributed by atoms with van der Waals surface area (Å²) in [6, 6.07) is 15.2. The van der Waals surface area contributed by atoms with Crippen molar-refractivity contribution in [3.63, 3.8) is 0 Å². The second kappa shape index (κ2) is 9.04. The van der Waals surface area contributed by atoms with Crippen molar-refractivity contribution in [2.45, 2.75) is 47.6 Å². The van der Waals surface area contributed by atoms with Gasteiger partial charge in [0.2, 0.25) is 0 Å². The molecule has 0 aliphatic rings. The van der Waals surface area contributed by atoms with Crippen molar-refractivity contribution in [3.05, 3.63) is 54.9 Å². The molecule has 22 heavy (non-hydrogen) atoms. The molecular weight excluding hydrogens is 268 g/mol. The summed E-state index contributed by atoms with van der Waals surface area (Å²) in [7, 11) is 0. The van der Waals surface area contributed by atoms with Crippen LogP contribution in [0.25, 0.3) is 22.2 Å². The van der Waals surface area contributed by atoms with Gasteiger partial charge in [0.1, 0.15) is 0 Å². The first-order chi connectivity index (χ1) is 10.8. The molecule has 2 heteroatoms. The Morgan fingerprint density at radius 2 is 1.55 bits per heavy atom. The van der Waals surface area contributed by atoms with Crippen LogP contribution in [0.3, 0.4) is 0 Å². The van der Waals surface area contributed by atoms with E-state index in [1.807, 2.05) is 46.2 Å². The summed E-state index contributed by atoms with van der Waals surface area (Å²) in [5.41, 5.74) is 3.71. The van der Waals surface area contributed by atoms with E-state index in [1.165, 1.54) is 22.2 Å². The van der Waals surface area contributed by atoms with E-state index in [0.29, 0.717) is 6.04 Å². The smallest absolute Gasteiger partial charge is 0.0674 e. The quantitative estimate of drug-likeness (QED) is 0.539. The monoisotopic (exact) mass is 296 g/mol. The zero-order valence-electron chi connectivity index (χ0n) is 14.7. The third-order valence-corrected chi connectivity index (χ3v) is 3.23. The van der Waals surface area contributed by atoms with Crippen molar-refractivity contribution in [3.8, 4) is 11.3 Å². The molecule has 0 bridgehead atoms. The van der Waals surface area contributed by atoms with Crippen LogP contribution in [-0.4, -0.2) is 9.55 Å². The van der Waals surface area contributed by atoms with Gasteiger partial charge in [0, 0.05) is 23.3 Å². The van der Waals surface area contributed by atoms with Crippen LogP contribution >= 0.6 is 0 Å². The van der Waals surface area contributed by atoms with Gasteiger partial charge in [0.15, 0.2) is 0 Å². The van der Waals surface area contributed by atoms with E-state index >= 15 is 0 Å². The zero-order chi connectivity index (χ0) is 16.5. The predicted octanol–water partition coefficient (Wildman–Crippen LogP) is 6.34. The minimum Gasteiger partial charge on any atom is -0.337 e. The molecule has 118 valence electrons. The average molecular weight is 296 g/mol. The standard InChI is InChI=1S/C16H16N2.2C2H6/c1-12(2)18-15(13-6-4-3-5-7-13)10-14-8-9-17-11-16(14)18;2*1-2/h3-12H,1-2H3;2*1-2H3. The van der Waals surface area contributed by atoms with Gasteiger partial charge in [-0.15, -0.1) is 0 Å². The van der Waals surface area contributed by atoms with Crippen LogP contribution in [-0.2, 0) is 0 Å². The van der Waals surface area contributed by atoms with Crippen LogP contribution < -0.4 is 0 Å². The van der Waals surface area contributed by atoms with Gasteiger partial charge < -0.3 is 4.57 Å². The average Bonchev–Trinajstić information content (AvgIpc) is 2.99. The van der Waals surface area contributed by atoms with E-state index in [4.69, 9.17) is 0 Å². The minimum atomic E-state index is 0.418. The molecule has 3 aromatic rings. The molecule has 0 unspecified atom stereocenters. The van der Waals surface area contributed by atoms with Crippen LogP contribution in [0.15, 0.2) is 54.9 Å². The maximum Gasteiger partial charge on any atom is 0.0674 e. The van der Waals surface area contributed by atoms with Gasteiger partial charge in [-0.05, 0) is 31.5 Å². The van der Waals surface area contributed by atoms with E-state index < -0.39 is 0 Å². The Kier molecular flexibility index (Phi) is 7.38. The molecule has 2 nitrogen and oxygen atoms in total. The third-order valence-electron chi connectivity index (χ3n) is 3.23. The summed E-state index contributed by atoms with van der Waals surface area (Å²) in [4.78, 5) is 4.24. The molecule has 0 amide bonds. The summed E-state index contributed by atoms with van der Waals surface area (Å²) in [5.74, 6) is 0. The van der Waals surface area contributed by atoms with Gasteiger partial charge in [-0.1, -0.05) is 58.0 Å². The summed E-state index contributed by atoms with van der Waals surface area (Å²) >= 11 is 0. The number of fused-ring (bicyclic) bond motifs is 1. The van der Waals surface area contributed by atoms with Crippen molar-refractivity contribution < 1.29 is 0 Å². The molecule has 0 spiro atoms. The number of pyridine rings is 1.